The molecule has 2 rings (SSSR count). The van der Waals surface area contributed by atoms with Crippen LogP contribution in [-0.2, 0) is 4.79 Å². The predicted molar refractivity (Wildman–Crippen MR) is 87.0 cm³/mol. The molecule has 0 saturated heterocycles. The molecule has 4 nitrogen and oxygen atoms in total. The molecule has 0 bridgehead atoms. The Morgan fingerprint density at radius 1 is 1.45 bits per heavy atom. The van der Waals surface area contributed by atoms with Gasteiger partial charge in [0.25, 0.3) is 0 Å². The number of benzene rings is 1. The minimum absolute atomic E-state index is 0.148. The number of carbonyl (C=O) groups is 1. The summed E-state index contributed by atoms with van der Waals surface area (Å²) < 4.78 is 0.946. The van der Waals surface area contributed by atoms with Crippen LogP contribution < -0.4 is 11.1 Å². The van der Waals surface area contributed by atoms with Crippen LogP contribution in [0.4, 0.5) is 11.4 Å². The maximum Gasteiger partial charge on any atom is 0.225 e. The summed E-state index contributed by atoms with van der Waals surface area (Å²) in [5.74, 6) is 0.495. The highest BCUT2D eigenvalue weighted by Crippen LogP contribution is 2.32. The first-order chi connectivity index (χ1) is 9.56. The molecule has 0 fully saturated rings. The summed E-state index contributed by atoms with van der Waals surface area (Å²) in [5.41, 5.74) is 6.53. The molecule has 0 spiro atoms. The van der Waals surface area contributed by atoms with E-state index in [2.05, 4.69) is 10.3 Å². The number of nitrogens with two attached hydrogens (primary N) is 1. The number of halogens is 2. The lowest BCUT2D eigenvalue weighted by Gasteiger charge is -2.10. The Hall–Kier alpha value is -0.950. The Morgan fingerprint density at radius 3 is 2.90 bits per heavy atom. The molecule has 1 aromatic heterocycles. The van der Waals surface area contributed by atoms with E-state index in [4.69, 9.17) is 28.9 Å². The fraction of sp³-hybridized carbons (Fsp3) is 0.167. The quantitative estimate of drug-likeness (QED) is 0.629. The second kappa shape index (κ2) is 7.17. The number of hydrogen-bond donors (Lipinski definition) is 2. The molecule has 0 aliphatic rings. The van der Waals surface area contributed by atoms with E-state index in [-0.39, 0.29) is 5.91 Å². The molecule has 1 amide bonds. The Bertz CT molecular complexity index is 582. The summed E-state index contributed by atoms with van der Waals surface area (Å²) in [6.07, 6.45) is 2.09. The van der Waals surface area contributed by atoms with Crippen molar-refractivity contribution in [1.82, 2.24) is 4.98 Å². The summed E-state index contributed by atoms with van der Waals surface area (Å²) in [5, 5.41) is 5.36. The molecular formula is C12H11Cl2N3OS2. The van der Waals surface area contributed by atoms with Crippen molar-refractivity contribution >= 4 is 63.6 Å². The van der Waals surface area contributed by atoms with Crippen LogP contribution in [0.15, 0.2) is 28.0 Å². The van der Waals surface area contributed by atoms with Gasteiger partial charge in [0.15, 0.2) is 0 Å². The van der Waals surface area contributed by atoms with Gasteiger partial charge in [-0.05, 0) is 12.1 Å². The number of nitrogen functional groups attached to an aromatic ring is 1. The minimum Gasteiger partial charge on any atom is -0.397 e. The third-order valence-electron chi connectivity index (χ3n) is 2.31. The van der Waals surface area contributed by atoms with E-state index in [1.807, 2.05) is 5.38 Å². The van der Waals surface area contributed by atoms with Crippen molar-refractivity contribution < 1.29 is 4.79 Å². The number of aromatic nitrogens is 1. The molecule has 0 atom stereocenters. The second-order valence-electron chi connectivity index (χ2n) is 3.80. The predicted octanol–water partition coefficient (Wildman–Crippen LogP) is 4.15. The molecule has 20 heavy (non-hydrogen) atoms. The zero-order valence-electron chi connectivity index (χ0n) is 10.2. The maximum absolute atomic E-state index is 11.8. The highest BCUT2D eigenvalue weighted by molar-refractivity contribution is 8.01. The molecule has 1 aromatic carbocycles. The number of anilines is 2. The van der Waals surface area contributed by atoms with Gasteiger partial charge in [-0.15, -0.1) is 11.3 Å². The lowest BCUT2D eigenvalue weighted by molar-refractivity contribution is -0.115. The Labute approximate surface area is 134 Å². The zero-order valence-corrected chi connectivity index (χ0v) is 13.4. The van der Waals surface area contributed by atoms with Crippen molar-refractivity contribution in [3.8, 4) is 0 Å². The number of carbonyl (C=O) groups excluding carboxylic acids is 1. The van der Waals surface area contributed by atoms with E-state index in [1.54, 1.807) is 29.7 Å². The van der Waals surface area contributed by atoms with Gasteiger partial charge in [-0.1, -0.05) is 35.0 Å². The fourth-order valence-electron chi connectivity index (χ4n) is 1.44. The number of nitrogens with one attached hydrogen (secondary N) is 1. The molecule has 3 N–H and O–H groups in total. The van der Waals surface area contributed by atoms with Crippen LogP contribution in [0.2, 0.25) is 10.0 Å². The third kappa shape index (κ3) is 4.28. The average Bonchev–Trinajstić information content (AvgIpc) is 2.87. The zero-order chi connectivity index (χ0) is 14.5. The standard InChI is InChI=1S/C12H11Cl2N3OS2/c13-7-5-8(14)11(9(15)6-7)17-10(18)1-3-19-12-16-2-4-20-12/h2,4-6H,1,3,15H2,(H,17,18). The summed E-state index contributed by atoms with van der Waals surface area (Å²) in [4.78, 5) is 16.0. The number of thioether (sulfide) groups is 1. The van der Waals surface area contributed by atoms with Crippen molar-refractivity contribution in [3.63, 3.8) is 0 Å². The second-order valence-corrected chi connectivity index (χ2v) is 6.88. The van der Waals surface area contributed by atoms with Gasteiger partial charge in [-0.2, -0.15) is 0 Å². The summed E-state index contributed by atoms with van der Waals surface area (Å²) >= 11 is 14.9. The lowest BCUT2D eigenvalue weighted by Crippen LogP contribution is -2.14. The lowest BCUT2D eigenvalue weighted by atomic mass is 10.2. The molecule has 106 valence electrons. The molecule has 0 saturated carbocycles. The molecule has 8 heteroatoms. The highest BCUT2D eigenvalue weighted by atomic mass is 35.5. The first-order valence-corrected chi connectivity index (χ1v) is 8.25. The molecule has 2 aromatic rings. The Morgan fingerprint density at radius 2 is 2.25 bits per heavy atom. The van der Waals surface area contributed by atoms with Gasteiger partial charge in [-0.25, -0.2) is 4.98 Å². The van der Waals surface area contributed by atoms with Gasteiger partial charge >= 0.3 is 0 Å². The number of nitrogens with zero attached hydrogens (tertiary/aromatic N) is 1. The van der Waals surface area contributed by atoms with E-state index in [0.29, 0.717) is 33.6 Å². The van der Waals surface area contributed by atoms with Crippen LogP contribution in [0.5, 0.6) is 0 Å². The molecular weight excluding hydrogens is 337 g/mol. The molecule has 0 radical (unpaired) electrons. The summed E-state index contributed by atoms with van der Waals surface area (Å²) in [6, 6.07) is 3.09. The van der Waals surface area contributed by atoms with Gasteiger partial charge in [0.1, 0.15) is 4.34 Å². The van der Waals surface area contributed by atoms with E-state index < -0.39 is 0 Å². The van der Waals surface area contributed by atoms with Gasteiger partial charge in [-0.3, -0.25) is 4.79 Å². The SMILES string of the molecule is Nc1cc(Cl)cc(Cl)c1NC(=O)CCSc1nccs1. The monoisotopic (exact) mass is 347 g/mol. The first-order valence-electron chi connectivity index (χ1n) is 5.63. The summed E-state index contributed by atoms with van der Waals surface area (Å²) in [7, 11) is 0. The molecule has 0 aliphatic carbocycles. The van der Waals surface area contributed by atoms with Crippen LogP contribution in [0.25, 0.3) is 0 Å². The Balaban J connectivity index is 1.88. The van der Waals surface area contributed by atoms with Crippen LogP contribution in [0.1, 0.15) is 6.42 Å². The number of rotatable bonds is 5. The van der Waals surface area contributed by atoms with Crippen molar-refractivity contribution in [2.24, 2.45) is 0 Å². The summed E-state index contributed by atoms with van der Waals surface area (Å²) in [6.45, 7) is 0. The van der Waals surface area contributed by atoms with Crippen LogP contribution >= 0.6 is 46.3 Å². The van der Waals surface area contributed by atoms with Gasteiger partial charge < -0.3 is 11.1 Å². The number of hydrogen-bond acceptors (Lipinski definition) is 5. The van der Waals surface area contributed by atoms with Crippen molar-refractivity contribution in [3.05, 3.63) is 33.8 Å². The minimum atomic E-state index is -0.148. The highest BCUT2D eigenvalue weighted by Gasteiger charge is 2.11. The van der Waals surface area contributed by atoms with Crippen LogP contribution in [-0.4, -0.2) is 16.6 Å². The topological polar surface area (TPSA) is 68.0 Å². The van der Waals surface area contributed by atoms with Gasteiger partial charge in [0.05, 0.1) is 16.4 Å². The number of thiazole rings is 1. The van der Waals surface area contributed by atoms with Gasteiger partial charge in [0.2, 0.25) is 5.91 Å². The third-order valence-corrected chi connectivity index (χ3v) is 4.80. The van der Waals surface area contributed by atoms with Crippen molar-refractivity contribution in [2.45, 2.75) is 10.8 Å². The smallest absolute Gasteiger partial charge is 0.225 e. The first kappa shape index (κ1) is 15.4. The number of amides is 1. The molecule has 1 heterocycles. The van der Waals surface area contributed by atoms with Crippen molar-refractivity contribution in [1.29, 1.82) is 0 Å². The normalized spacial score (nSPS) is 10.5. The van der Waals surface area contributed by atoms with E-state index in [9.17, 15) is 4.79 Å². The van der Waals surface area contributed by atoms with Crippen LogP contribution in [0, 0.1) is 0 Å². The van der Waals surface area contributed by atoms with E-state index in [0.717, 1.165) is 4.34 Å². The largest absolute Gasteiger partial charge is 0.397 e. The van der Waals surface area contributed by atoms with Crippen molar-refractivity contribution in [2.75, 3.05) is 16.8 Å². The van der Waals surface area contributed by atoms with E-state index >= 15 is 0 Å². The van der Waals surface area contributed by atoms with Crippen LogP contribution in [0.3, 0.4) is 0 Å². The molecule has 0 unspecified atom stereocenters. The molecule has 0 aliphatic heterocycles. The Kier molecular flexibility index (Phi) is 5.54. The average molecular weight is 348 g/mol. The maximum atomic E-state index is 11.8. The van der Waals surface area contributed by atoms with Gasteiger partial charge in [0, 0.05) is 28.8 Å². The van der Waals surface area contributed by atoms with E-state index in [1.165, 1.54) is 11.8 Å². The fourth-order valence-corrected chi connectivity index (χ4v) is 3.64.